The molecular weight excluding hydrogens is 282 g/mol. The third-order valence-corrected chi connectivity index (χ3v) is 4.66. The summed E-state index contributed by atoms with van der Waals surface area (Å²) < 4.78 is 0. The number of carbonyl (C=O) groups is 1. The van der Waals surface area contributed by atoms with Gasteiger partial charge >= 0.3 is 0 Å². The smallest absolute Gasteiger partial charge is 0.225 e. The number of nitrogens with zero attached hydrogens (tertiary/aromatic N) is 2. The molecule has 0 saturated heterocycles. The molecule has 0 aliphatic carbocycles. The second-order valence-electron chi connectivity index (χ2n) is 5.43. The maximum Gasteiger partial charge on any atom is 0.225 e. The Labute approximate surface area is 133 Å². The molecule has 1 N–H and O–H groups in total. The number of aromatic nitrogens is 1. The SMILES string of the molecule is CCCCC(CC)CNCc1csc(N(CC)C(C)=O)n1. The van der Waals surface area contributed by atoms with E-state index in [1.54, 1.807) is 23.2 Å². The normalized spacial score (nSPS) is 12.4. The molecule has 1 aromatic heterocycles. The van der Waals surface area contributed by atoms with Crippen molar-refractivity contribution in [2.45, 2.75) is 59.9 Å². The van der Waals surface area contributed by atoms with Crippen molar-refractivity contribution in [3.05, 3.63) is 11.1 Å². The van der Waals surface area contributed by atoms with E-state index in [2.05, 4.69) is 24.1 Å². The topological polar surface area (TPSA) is 45.2 Å². The van der Waals surface area contributed by atoms with Crippen LogP contribution in [0.15, 0.2) is 5.38 Å². The average molecular weight is 311 g/mol. The van der Waals surface area contributed by atoms with Gasteiger partial charge in [0.2, 0.25) is 5.91 Å². The van der Waals surface area contributed by atoms with E-state index < -0.39 is 0 Å². The number of hydrogen-bond acceptors (Lipinski definition) is 4. The molecule has 0 saturated carbocycles. The fourth-order valence-corrected chi connectivity index (χ4v) is 3.27. The van der Waals surface area contributed by atoms with Gasteiger partial charge in [0.15, 0.2) is 5.13 Å². The van der Waals surface area contributed by atoms with Crippen LogP contribution >= 0.6 is 11.3 Å². The molecule has 0 spiro atoms. The van der Waals surface area contributed by atoms with Crippen molar-refractivity contribution in [1.82, 2.24) is 10.3 Å². The highest BCUT2D eigenvalue weighted by molar-refractivity contribution is 7.14. The summed E-state index contributed by atoms with van der Waals surface area (Å²) in [4.78, 5) is 17.8. The van der Waals surface area contributed by atoms with Crippen LogP contribution in [0.2, 0.25) is 0 Å². The zero-order valence-corrected chi connectivity index (χ0v) is 14.6. The third-order valence-electron chi connectivity index (χ3n) is 3.75. The van der Waals surface area contributed by atoms with Crippen LogP contribution < -0.4 is 10.2 Å². The van der Waals surface area contributed by atoms with Gasteiger partial charge in [-0.05, 0) is 25.8 Å². The first kappa shape index (κ1) is 18.1. The molecular formula is C16H29N3OS. The Morgan fingerprint density at radius 3 is 2.76 bits per heavy atom. The molecule has 0 aliphatic rings. The zero-order chi connectivity index (χ0) is 15.7. The lowest BCUT2D eigenvalue weighted by atomic mass is 9.99. The van der Waals surface area contributed by atoms with E-state index >= 15 is 0 Å². The molecule has 1 unspecified atom stereocenters. The van der Waals surface area contributed by atoms with Crippen LogP contribution in [-0.2, 0) is 11.3 Å². The molecule has 1 amide bonds. The quantitative estimate of drug-likeness (QED) is 0.714. The van der Waals surface area contributed by atoms with Crippen LogP contribution in [0.1, 0.15) is 59.1 Å². The van der Waals surface area contributed by atoms with Crippen molar-refractivity contribution in [2.24, 2.45) is 5.92 Å². The number of amides is 1. The van der Waals surface area contributed by atoms with E-state index in [1.165, 1.54) is 25.7 Å². The molecule has 0 aliphatic heterocycles. The maximum atomic E-state index is 11.5. The Morgan fingerprint density at radius 1 is 1.43 bits per heavy atom. The van der Waals surface area contributed by atoms with Crippen LogP contribution in [0.25, 0.3) is 0 Å². The molecule has 120 valence electrons. The van der Waals surface area contributed by atoms with E-state index in [-0.39, 0.29) is 5.91 Å². The van der Waals surface area contributed by atoms with E-state index in [9.17, 15) is 4.79 Å². The lowest BCUT2D eigenvalue weighted by Crippen LogP contribution is -2.28. The number of unbranched alkanes of at least 4 members (excludes halogenated alkanes) is 1. The molecule has 21 heavy (non-hydrogen) atoms. The minimum Gasteiger partial charge on any atom is -0.311 e. The molecule has 0 radical (unpaired) electrons. The summed E-state index contributed by atoms with van der Waals surface area (Å²) in [6, 6.07) is 0. The molecule has 1 atom stereocenters. The van der Waals surface area contributed by atoms with Crippen molar-refractivity contribution < 1.29 is 4.79 Å². The van der Waals surface area contributed by atoms with Crippen molar-refractivity contribution in [3.8, 4) is 0 Å². The largest absolute Gasteiger partial charge is 0.311 e. The average Bonchev–Trinajstić information content (AvgIpc) is 2.91. The molecule has 5 heteroatoms. The highest BCUT2D eigenvalue weighted by Crippen LogP contribution is 2.20. The Kier molecular flexibility index (Phi) is 8.54. The summed E-state index contributed by atoms with van der Waals surface area (Å²) in [5, 5.41) is 6.35. The fraction of sp³-hybridized carbons (Fsp3) is 0.750. The zero-order valence-electron chi connectivity index (χ0n) is 13.8. The summed E-state index contributed by atoms with van der Waals surface area (Å²) in [6.07, 6.45) is 5.11. The Balaban J connectivity index is 2.42. The number of carbonyl (C=O) groups excluding carboxylic acids is 1. The van der Waals surface area contributed by atoms with Gasteiger partial charge in [-0.15, -0.1) is 11.3 Å². The predicted octanol–water partition coefficient (Wildman–Crippen LogP) is 3.82. The van der Waals surface area contributed by atoms with Gasteiger partial charge in [-0.25, -0.2) is 4.98 Å². The van der Waals surface area contributed by atoms with Gasteiger partial charge in [-0.2, -0.15) is 0 Å². The Bertz CT molecular complexity index is 419. The predicted molar refractivity (Wildman–Crippen MR) is 90.8 cm³/mol. The van der Waals surface area contributed by atoms with Gasteiger partial charge in [-0.3, -0.25) is 9.69 Å². The minimum atomic E-state index is 0.0528. The monoisotopic (exact) mass is 311 g/mol. The Hall–Kier alpha value is -0.940. The molecule has 0 bridgehead atoms. The van der Waals surface area contributed by atoms with E-state index in [0.29, 0.717) is 6.54 Å². The van der Waals surface area contributed by atoms with Crippen molar-refractivity contribution in [2.75, 3.05) is 18.0 Å². The summed E-state index contributed by atoms with van der Waals surface area (Å²) in [7, 11) is 0. The van der Waals surface area contributed by atoms with Gasteiger partial charge in [0.05, 0.1) is 5.69 Å². The number of thiazole rings is 1. The van der Waals surface area contributed by atoms with Crippen LogP contribution in [0.4, 0.5) is 5.13 Å². The number of rotatable bonds is 10. The van der Waals surface area contributed by atoms with E-state index in [0.717, 1.165) is 29.8 Å². The molecule has 1 heterocycles. The van der Waals surface area contributed by atoms with Gasteiger partial charge < -0.3 is 5.32 Å². The van der Waals surface area contributed by atoms with Crippen molar-refractivity contribution >= 4 is 22.4 Å². The number of nitrogens with one attached hydrogen (secondary N) is 1. The molecule has 1 aromatic rings. The number of hydrogen-bond donors (Lipinski definition) is 1. The maximum absolute atomic E-state index is 11.5. The molecule has 0 aromatic carbocycles. The van der Waals surface area contributed by atoms with Crippen molar-refractivity contribution in [1.29, 1.82) is 0 Å². The first-order chi connectivity index (χ1) is 10.1. The lowest BCUT2D eigenvalue weighted by Gasteiger charge is -2.15. The third kappa shape index (κ3) is 6.14. The van der Waals surface area contributed by atoms with Gasteiger partial charge in [0.25, 0.3) is 0 Å². The van der Waals surface area contributed by atoms with Gasteiger partial charge in [-0.1, -0.05) is 33.1 Å². The van der Waals surface area contributed by atoms with Crippen LogP contribution in [-0.4, -0.2) is 24.0 Å². The fourth-order valence-electron chi connectivity index (χ4n) is 2.34. The first-order valence-corrected chi connectivity index (χ1v) is 8.93. The van der Waals surface area contributed by atoms with Crippen LogP contribution in [0.3, 0.4) is 0 Å². The Morgan fingerprint density at radius 2 is 2.19 bits per heavy atom. The summed E-state index contributed by atoms with van der Waals surface area (Å²) in [5.74, 6) is 0.810. The number of anilines is 1. The second-order valence-corrected chi connectivity index (χ2v) is 6.27. The van der Waals surface area contributed by atoms with E-state index in [1.807, 2.05) is 12.3 Å². The second kappa shape index (κ2) is 9.90. The van der Waals surface area contributed by atoms with Crippen LogP contribution in [0.5, 0.6) is 0 Å². The van der Waals surface area contributed by atoms with Crippen LogP contribution in [0, 0.1) is 5.92 Å². The first-order valence-electron chi connectivity index (χ1n) is 8.05. The summed E-state index contributed by atoms with van der Waals surface area (Å²) >= 11 is 1.54. The highest BCUT2D eigenvalue weighted by atomic mass is 32.1. The molecule has 1 rings (SSSR count). The standard InChI is InChI=1S/C16H29N3OS/c1-5-8-9-14(6-2)10-17-11-15-12-21-16(18-15)19(7-3)13(4)20/h12,14,17H,5-11H2,1-4H3. The van der Waals surface area contributed by atoms with E-state index in [4.69, 9.17) is 0 Å². The highest BCUT2D eigenvalue weighted by Gasteiger charge is 2.13. The molecule has 0 fully saturated rings. The molecule has 4 nitrogen and oxygen atoms in total. The van der Waals surface area contributed by atoms with Crippen molar-refractivity contribution in [3.63, 3.8) is 0 Å². The van der Waals surface area contributed by atoms with Gasteiger partial charge in [0, 0.05) is 25.4 Å². The summed E-state index contributed by atoms with van der Waals surface area (Å²) in [6.45, 7) is 10.6. The van der Waals surface area contributed by atoms with Gasteiger partial charge in [0.1, 0.15) is 0 Å². The lowest BCUT2D eigenvalue weighted by molar-refractivity contribution is -0.116. The summed E-state index contributed by atoms with van der Waals surface area (Å²) in [5.41, 5.74) is 1.03. The minimum absolute atomic E-state index is 0.0528.